The number of hydrogen-bond acceptors (Lipinski definition) is 2. The van der Waals surface area contributed by atoms with Gasteiger partial charge in [-0.3, -0.25) is 4.79 Å². The highest BCUT2D eigenvalue weighted by atomic mass is 16.3. The van der Waals surface area contributed by atoms with Gasteiger partial charge >= 0.3 is 0 Å². The van der Waals surface area contributed by atoms with E-state index in [2.05, 4.69) is 26.0 Å². The van der Waals surface area contributed by atoms with Gasteiger partial charge in [-0.05, 0) is 43.0 Å². The Labute approximate surface area is 101 Å². The standard InChI is InChI=1S/C15H16O2/c1-3-10-8-11-14(7-9(10)2)17-13-6-4-5-12(16)15(11)13/h7-8H,3-6H2,1-2H3. The Balaban J connectivity index is 2.33. The lowest BCUT2D eigenvalue weighted by molar-refractivity contribution is 0.0971. The number of ketones is 1. The molecule has 88 valence electrons. The molecule has 1 aromatic carbocycles. The van der Waals surface area contributed by atoms with Gasteiger partial charge in [-0.25, -0.2) is 0 Å². The molecule has 1 aliphatic carbocycles. The Bertz CT molecular complexity index is 605. The molecular weight excluding hydrogens is 212 g/mol. The maximum absolute atomic E-state index is 12.0. The lowest BCUT2D eigenvalue weighted by atomic mass is 9.93. The van der Waals surface area contributed by atoms with Crippen LogP contribution in [0.5, 0.6) is 0 Å². The maximum atomic E-state index is 12.0. The van der Waals surface area contributed by atoms with E-state index in [1.54, 1.807) is 0 Å². The molecule has 0 saturated carbocycles. The van der Waals surface area contributed by atoms with E-state index in [1.165, 1.54) is 11.1 Å². The normalized spacial score (nSPS) is 15.3. The zero-order chi connectivity index (χ0) is 12.0. The van der Waals surface area contributed by atoms with Crippen molar-refractivity contribution in [3.63, 3.8) is 0 Å². The Hall–Kier alpha value is -1.57. The molecule has 0 aliphatic heterocycles. The maximum Gasteiger partial charge on any atom is 0.167 e. The van der Waals surface area contributed by atoms with Gasteiger partial charge in [0.25, 0.3) is 0 Å². The van der Waals surface area contributed by atoms with Crippen LogP contribution in [0.2, 0.25) is 0 Å². The third kappa shape index (κ3) is 1.51. The van der Waals surface area contributed by atoms with Crippen molar-refractivity contribution >= 4 is 16.8 Å². The second kappa shape index (κ2) is 3.73. The van der Waals surface area contributed by atoms with E-state index in [1.807, 2.05) is 0 Å². The molecule has 2 nitrogen and oxygen atoms in total. The van der Waals surface area contributed by atoms with Crippen molar-refractivity contribution in [3.8, 4) is 0 Å². The van der Waals surface area contributed by atoms with Crippen molar-refractivity contribution in [1.82, 2.24) is 0 Å². The second-order valence-corrected chi connectivity index (χ2v) is 4.81. The van der Waals surface area contributed by atoms with Crippen LogP contribution in [-0.4, -0.2) is 5.78 Å². The van der Waals surface area contributed by atoms with Crippen LogP contribution < -0.4 is 0 Å². The number of benzene rings is 1. The summed E-state index contributed by atoms with van der Waals surface area (Å²) in [4.78, 5) is 12.0. The van der Waals surface area contributed by atoms with E-state index < -0.39 is 0 Å². The molecule has 1 heterocycles. The molecule has 17 heavy (non-hydrogen) atoms. The summed E-state index contributed by atoms with van der Waals surface area (Å²) in [6.45, 7) is 4.24. The molecule has 0 saturated heterocycles. The highest BCUT2D eigenvalue weighted by Gasteiger charge is 2.24. The van der Waals surface area contributed by atoms with E-state index in [9.17, 15) is 4.79 Å². The molecule has 2 heteroatoms. The largest absolute Gasteiger partial charge is 0.460 e. The van der Waals surface area contributed by atoms with E-state index in [-0.39, 0.29) is 5.78 Å². The summed E-state index contributed by atoms with van der Waals surface area (Å²) in [6, 6.07) is 4.20. The summed E-state index contributed by atoms with van der Waals surface area (Å²) in [5, 5.41) is 1.02. The molecule has 0 radical (unpaired) electrons. The second-order valence-electron chi connectivity index (χ2n) is 4.81. The SMILES string of the molecule is CCc1cc2c3c(oc2cc1C)CCCC3=O. The molecule has 2 aromatic rings. The van der Waals surface area contributed by atoms with Crippen LogP contribution >= 0.6 is 0 Å². The highest BCUT2D eigenvalue weighted by Crippen LogP contribution is 2.33. The first-order valence-electron chi connectivity index (χ1n) is 6.28. The van der Waals surface area contributed by atoms with Gasteiger partial charge in [0, 0.05) is 18.2 Å². The molecule has 1 aliphatic rings. The van der Waals surface area contributed by atoms with Crippen molar-refractivity contribution in [3.05, 3.63) is 34.6 Å². The molecule has 0 unspecified atom stereocenters. The quantitative estimate of drug-likeness (QED) is 0.742. The number of carbonyl (C=O) groups excluding carboxylic acids is 1. The topological polar surface area (TPSA) is 30.2 Å². The van der Waals surface area contributed by atoms with Gasteiger partial charge in [0.05, 0.1) is 5.56 Å². The van der Waals surface area contributed by atoms with Crippen molar-refractivity contribution in [2.45, 2.75) is 39.5 Å². The van der Waals surface area contributed by atoms with E-state index >= 15 is 0 Å². The van der Waals surface area contributed by atoms with E-state index in [0.29, 0.717) is 6.42 Å². The average Bonchev–Trinajstić information content (AvgIpc) is 2.66. The smallest absolute Gasteiger partial charge is 0.167 e. The Kier molecular flexibility index (Phi) is 2.32. The van der Waals surface area contributed by atoms with Crippen molar-refractivity contribution in [2.75, 3.05) is 0 Å². The van der Waals surface area contributed by atoms with Crippen LogP contribution in [0, 0.1) is 6.92 Å². The summed E-state index contributed by atoms with van der Waals surface area (Å²) in [5.41, 5.74) is 4.28. The fourth-order valence-corrected chi connectivity index (χ4v) is 2.74. The highest BCUT2D eigenvalue weighted by molar-refractivity contribution is 6.09. The number of hydrogen-bond donors (Lipinski definition) is 0. The Morgan fingerprint density at radius 3 is 2.88 bits per heavy atom. The van der Waals surface area contributed by atoms with Gasteiger partial charge in [0.2, 0.25) is 0 Å². The zero-order valence-corrected chi connectivity index (χ0v) is 10.3. The number of furan rings is 1. The number of aryl methyl sites for hydroxylation is 3. The molecule has 1 aromatic heterocycles. The van der Waals surface area contributed by atoms with Crippen LogP contribution in [0.25, 0.3) is 11.0 Å². The van der Waals surface area contributed by atoms with Crippen LogP contribution in [0.1, 0.15) is 47.0 Å². The Morgan fingerprint density at radius 1 is 1.29 bits per heavy atom. The first-order valence-corrected chi connectivity index (χ1v) is 6.28. The van der Waals surface area contributed by atoms with E-state index in [0.717, 1.165) is 41.6 Å². The first-order chi connectivity index (χ1) is 8.20. The average molecular weight is 228 g/mol. The molecule has 0 bridgehead atoms. The lowest BCUT2D eigenvalue weighted by Gasteiger charge is -2.08. The van der Waals surface area contributed by atoms with Crippen molar-refractivity contribution < 1.29 is 9.21 Å². The van der Waals surface area contributed by atoms with Crippen LogP contribution in [-0.2, 0) is 12.8 Å². The van der Waals surface area contributed by atoms with Crippen molar-refractivity contribution in [1.29, 1.82) is 0 Å². The number of carbonyl (C=O) groups is 1. The molecule has 0 atom stereocenters. The van der Waals surface area contributed by atoms with Crippen molar-refractivity contribution in [2.24, 2.45) is 0 Å². The number of fused-ring (bicyclic) bond motifs is 3. The fourth-order valence-electron chi connectivity index (χ4n) is 2.74. The lowest BCUT2D eigenvalue weighted by Crippen LogP contribution is -2.08. The number of rotatable bonds is 1. The van der Waals surface area contributed by atoms with Gasteiger partial charge in [0.15, 0.2) is 5.78 Å². The van der Waals surface area contributed by atoms with Crippen LogP contribution in [0.4, 0.5) is 0 Å². The summed E-state index contributed by atoms with van der Waals surface area (Å²) in [5.74, 6) is 1.14. The number of Topliss-reactive ketones (excluding diaryl/α,β-unsaturated/α-hetero) is 1. The third-order valence-corrected chi connectivity index (χ3v) is 3.69. The predicted octanol–water partition coefficient (Wildman–Crippen LogP) is 3.82. The van der Waals surface area contributed by atoms with Gasteiger partial charge in [-0.15, -0.1) is 0 Å². The molecule has 3 rings (SSSR count). The molecular formula is C15H16O2. The van der Waals surface area contributed by atoms with Gasteiger partial charge in [0.1, 0.15) is 11.3 Å². The molecule has 0 N–H and O–H groups in total. The van der Waals surface area contributed by atoms with Crippen LogP contribution in [0.3, 0.4) is 0 Å². The third-order valence-electron chi connectivity index (χ3n) is 3.69. The fraction of sp³-hybridized carbons (Fsp3) is 0.400. The summed E-state index contributed by atoms with van der Waals surface area (Å²) in [7, 11) is 0. The zero-order valence-electron chi connectivity index (χ0n) is 10.3. The minimum Gasteiger partial charge on any atom is -0.460 e. The summed E-state index contributed by atoms with van der Waals surface area (Å²) < 4.78 is 5.82. The molecule has 0 amide bonds. The van der Waals surface area contributed by atoms with Gasteiger partial charge < -0.3 is 4.42 Å². The van der Waals surface area contributed by atoms with Crippen LogP contribution in [0.15, 0.2) is 16.5 Å². The Morgan fingerprint density at radius 2 is 2.12 bits per heavy atom. The molecule has 0 fully saturated rings. The van der Waals surface area contributed by atoms with Gasteiger partial charge in [-0.2, -0.15) is 0 Å². The van der Waals surface area contributed by atoms with E-state index in [4.69, 9.17) is 4.42 Å². The summed E-state index contributed by atoms with van der Waals surface area (Å²) in [6.07, 6.45) is 3.48. The monoisotopic (exact) mass is 228 g/mol. The first kappa shape index (κ1) is 10.6. The van der Waals surface area contributed by atoms with Gasteiger partial charge in [-0.1, -0.05) is 6.92 Å². The minimum atomic E-state index is 0.246. The minimum absolute atomic E-state index is 0.246. The summed E-state index contributed by atoms with van der Waals surface area (Å²) >= 11 is 0. The molecule has 0 spiro atoms. The predicted molar refractivity (Wildman–Crippen MR) is 67.6 cm³/mol.